The molecule has 0 spiro atoms. The molecule has 86 valence electrons. The summed E-state index contributed by atoms with van der Waals surface area (Å²) in [4.78, 5) is 10.8. The summed E-state index contributed by atoms with van der Waals surface area (Å²) in [5, 5.41) is 11.4. The first-order chi connectivity index (χ1) is 9.12. The number of carbonyl (C=O) groups is 1. The Morgan fingerprint density at radius 2 is 2.25 bits per heavy atom. The molecule has 3 rings (SSSR count). The zero-order chi connectivity index (χ0) is 15.0. The number of hydrogen-bond acceptors (Lipinski definition) is 2. The van der Waals surface area contributed by atoms with Crippen molar-refractivity contribution in [1.82, 2.24) is 5.32 Å². The molecule has 2 aliphatic rings. The number of carboxylic acid groups (broad SMARTS) is 1. The number of benzene rings is 1. The fourth-order valence-corrected chi connectivity index (χ4v) is 1.93. The molecular weight excluding hydrogens is 226 g/mol. The number of carboxylic acids is 1. The Balaban J connectivity index is 0.00000161. The van der Waals surface area contributed by atoms with Crippen LogP contribution in [0.2, 0.25) is 0 Å². The van der Waals surface area contributed by atoms with E-state index in [1.165, 1.54) is 24.3 Å². The van der Waals surface area contributed by atoms with Crippen molar-refractivity contribution in [2.75, 3.05) is 13.0 Å². The summed E-state index contributed by atoms with van der Waals surface area (Å²) in [7, 11) is 0. The van der Waals surface area contributed by atoms with Gasteiger partial charge in [0, 0.05) is 18.8 Å². The molecule has 2 atom stereocenters. The molecule has 1 aromatic carbocycles. The zero-order valence-electron chi connectivity index (χ0n) is 13.3. The number of rotatable bonds is 2. The molecule has 0 amide bonds. The van der Waals surface area contributed by atoms with Crippen molar-refractivity contribution in [2.45, 2.75) is 11.8 Å². The fraction of sp³-hybridized carbons (Fsp3) is 0.417. The van der Waals surface area contributed by atoms with Gasteiger partial charge in [0.25, 0.3) is 0 Å². The molecule has 0 bridgehead atoms. The van der Waals surface area contributed by atoms with E-state index in [0.29, 0.717) is 5.56 Å². The number of aromatic carboxylic acids is 1. The van der Waals surface area contributed by atoms with Crippen molar-refractivity contribution in [3.05, 3.63) is 35.4 Å². The second-order valence-electron chi connectivity index (χ2n) is 3.77. The Labute approximate surface area is 107 Å². The summed E-state index contributed by atoms with van der Waals surface area (Å²) in [5.41, 5.74) is -0.743. The van der Waals surface area contributed by atoms with Crippen LogP contribution in [0.1, 0.15) is 29.1 Å². The highest BCUT2D eigenvalue weighted by atomic mass is 35.5. The van der Waals surface area contributed by atoms with E-state index in [0.717, 1.165) is 0 Å². The molecule has 1 saturated heterocycles. The zero-order valence-corrected chi connectivity index (χ0v) is 9.10. The minimum absolute atomic E-state index is 0. The summed E-state index contributed by atoms with van der Waals surface area (Å²) in [5.74, 6) is -2.98. The highest BCUT2D eigenvalue weighted by Crippen LogP contribution is 2.56. The Morgan fingerprint density at radius 3 is 2.75 bits per heavy atom. The quantitative estimate of drug-likeness (QED) is 0.832. The van der Waals surface area contributed by atoms with Crippen LogP contribution < -0.4 is 5.32 Å². The molecule has 1 heterocycles. The normalized spacial score (nSPS) is 45.9. The van der Waals surface area contributed by atoms with E-state index < -0.39 is 30.1 Å². The van der Waals surface area contributed by atoms with Crippen LogP contribution in [0.3, 0.4) is 0 Å². The number of fused-ring (bicyclic) bond motifs is 1. The molecule has 1 saturated carbocycles. The molecule has 1 aromatic rings. The second-order valence-corrected chi connectivity index (χ2v) is 3.77. The van der Waals surface area contributed by atoms with Gasteiger partial charge in [-0.2, -0.15) is 0 Å². The second kappa shape index (κ2) is 3.75. The third-order valence-corrected chi connectivity index (χ3v) is 2.89. The summed E-state index contributed by atoms with van der Waals surface area (Å²) < 4.78 is 39.9. The van der Waals surface area contributed by atoms with Crippen LogP contribution >= 0.6 is 12.4 Å². The van der Waals surface area contributed by atoms with Gasteiger partial charge in [-0.05, 0) is 36.5 Å². The van der Waals surface area contributed by atoms with E-state index in [9.17, 15) is 4.79 Å². The van der Waals surface area contributed by atoms with Crippen molar-refractivity contribution in [2.24, 2.45) is 5.89 Å². The third kappa shape index (κ3) is 1.51. The highest BCUT2D eigenvalue weighted by Gasteiger charge is 2.57. The average Bonchev–Trinajstić information content (AvgIpc) is 2.64. The van der Waals surface area contributed by atoms with E-state index in [2.05, 4.69) is 5.32 Å². The summed E-state index contributed by atoms with van der Waals surface area (Å²) in [6.45, 7) is -2.11. The Hall–Kier alpha value is -1.06. The Morgan fingerprint density at radius 1 is 1.56 bits per heavy atom. The Kier molecular flexibility index (Phi) is 1.55. The van der Waals surface area contributed by atoms with Crippen LogP contribution in [-0.2, 0) is 5.41 Å². The average molecular weight is 245 g/mol. The molecule has 2 fully saturated rings. The molecule has 3 nitrogen and oxygen atoms in total. The minimum atomic E-state index is -2.12. The molecule has 0 unspecified atom stereocenters. The van der Waals surface area contributed by atoms with E-state index in [1.54, 1.807) is 0 Å². The van der Waals surface area contributed by atoms with Gasteiger partial charge < -0.3 is 10.4 Å². The summed E-state index contributed by atoms with van der Waals surface area (Å²) in [6, 6.07) is 5.66. The van der Waals surface area contributed by atoms with Crippen LogP contribution in [0, 0.1) is 5.89 Å². The van der Waals surface area contributed by atoms with Crippen LogP contribution in [0.5, 0.6) is 0 Å². The lowest BCUT2D eigenvalue weighted by molar-refractivity contribution is 0.0697. The highest BCUT2D eigenvalue weighted by molar-refractivity contribution is 5.87. The van der Waals surface area contributed by atoms with E-state index in [4.69, 9.17) is 12.0 Å². The first-order valence-electron chi connectivity index (χ1n) is 7.21. The SMILES string of the molecule is Cl.[2H]C1([2H])NC[C@@]2(c3ccc(C(=O)O)cc3)C([2H])([2H])[C@@]12[2H]. The minimum Gasteiger partial charge on any atom is -0.478 e. The van der Waals surface area contributed by atoms with Gasteiger partial charge in [-0.25, -0.2) is 4.79 Å². The van der Waals surface area contributed by atoms with Gasteiger partial charge in [-0.1, -0.05) is 12.1 Å². The van der Waals surface area contributed by atoms with Crippen molar-refractivity contribution in [3.63, 3.8) is 0 Å². The van der Waals surface area contributed by atoms with E-state index in [1.807, 2.05) is 0 Å². The van der Waals surface area contributed by atoms with Crippen LogP contribution in [0.15, 0.2) is 24.3 Å². The van der Waals surface area contributed by atoms with E-state index in [-0.39, 0.29) is 24.5 Å². The monoisotopic (exact) mass is 244 g/mol. The maximum Gasteiger partial charge on any atom is 0.335 e. The smallest absolute Gasteiger partial charge is 0.335 e. The van der Waals surface area contributed by atoms with Gasteiger partial charge in [0.2, 0.25) is 0 Å². The fourth-order valence-electron chi connectivity index (χ4n) is 1.93. The molecular formula is C12H14ClNO2. The van der Waals surface area contributed by atoms with Crippen LogP contribution in [0.4, 0.5) is 0 Å². The number of hydrogen-bond donors (Lipinski definition) is 2. The van der Waals surface area contributed by atoms with Crippen LogP contribution in [-0.4, -0.2) is 24.1 Å². The maximum atomic E-state index is 10.8. The molecule has 0 radical (unpaired) electrons. The standard InChI is InChI=1S/C12H13NO2.ClH/c14-11(15)8-1-3-9(4-2-8)12-5-10(12)6-13-7-12;/h1-4,10,13H,5-7H2,(H,14,15);1H/t10-,12+;/m0./s1/i5D2,6D2,10D;. The lowest BCUT2D eigenvalue weighted by atomic mass is 9.94. The third-order valence-electron chi connectivity index (χ3n) is 2.89. The largest absolute Gasteiger partial charge is 0.478 e. The summed E-state index contributed by atoms with van der Waals surface area (Å²) >= 11 is 0. The summed E-state index contributed by atoms with van der Waals surface area (Å²) in [6.07, 6.45) is -2.00. The van der Waals surface area contributed by atoms with Gasteiger partial charge >= 0.3 is 5.97 Å². The predicted octanol–water partition coefficient (Wildman–Crippen LogP) is 1.67. The number of piperidine rings is 1. The molecule has 4 heteroatoms. The lowest BCUT2D eigenvalue weighted by Gasteiger charge is -2.11. The molecule has 0 aromatic heterocycles. The van der Waals surface area contributed by atoms with Gasteiger partial charge in [0.05, 0.1) is 5.56 Å². The topological polar surface area (TPSA) is 49.3 Å². The number of nitrogens with one attached hydrogen (secondary N) is 1. The lowest BCUT2D eigenvalue weighted by Crippen LogP contribution is -2.19. The first kappa shape index (κ1) is 6.62. The van der Waals surface area contributed by atoms with Crippen molar-refractivity contribution >= 4 is 18.4 Å². The molecule has 2 N–H and O–H groups in total. The Bertz CT molecular complexity index is 608. The van der Waals surface area contributed by atoms with Gasteiger partial charge in [-0.3, -0.25) is 0 Å². The van der Waals surface area contributed by atoms with Crippen molar-refractivity contribution in [3.8, 4) is 0 Å². The van der Waals surface area contributed by atoms with Gasteiger partial charge in [-0.15, -0.1) is 12.4 Å². The van der Waals surface area contributed by atoms with Gasteiger partial charge in [0.1, 0.15) is 0 Å². The predicted molar refractivity (Wildman–Crippen MR) is 63.3 cm³/mol. The van der Waals surface area contributed by atoms with E-state index >= 15 is 0 Å². The van der Waals surface area contributed by atoms with Gasteiger partial charge in [0.15, 0.2) is 0 Å². The first-order valence-corrected chi connectivity index (χ1v) is 4.71. The van der Waals surface area contributed by atoms with Crippen molar-refractivity contribution in [1.29, 1.82) is 0 Å². The maximum absolute atomic E-state index is 10.8. The molecule has 1 aliphatic carbocycles. The van der Waals surface area contributed by atoms with Crippen molar-refractivity contribution < 1.29 is 16.8 Å². The molecule has 16 heavy (non-hydrogen) atoms. The molecule has 1 aliphatic heterocycles. The van der Waals surface area contributed by atoms with Crippen LogP contribution in [0.25, 0.3) is 0 Å². The number of halogens is 1.